The van der Waals surface area contributed by atoms with Gasteiger partial charge < -0.3 is 10.2 Å². The predicted octanol–water partition coefficient (Wildman–Crippen LogP) is 4.22. The molecule has 0 heterocycles. The maximum absolute atomic E-state index is 6.33. The Labute approximate surface area is 120 Å². The number of nitrogens with zero attached hydrogens (tertiary/aromatic N) is 1. The van der Waals surface area contributed by atoms with Crippen molar-refractivity contribution < 1.29 is 0 Å². The summed E-state index contributed by atoms with van der Waals surface area (Å²) < 4.78 is 0. The van der Waals surface area contributed by atoms with Crippen molar-refractivity contribution in [2.45, 2.75) is 13.5 Å². The molecule has 0 radical (unpaired) electrons. The quantitative estimate of drug-likeness (QED) is 0.878. The first-order chi connectivity index (χ1) is 9.26. The zero-order valence-electron chi connectivity index (χ0n) is 11.4. The molecule has 1 N–H and O–H groups in total. The number of rotatable bonds is 5. The van der Waals surface area contributed by atoms with Crippen molar-refractivity contribution >= 4 is 23.0 Å². The van der Waals surface area contributed by atoms with Crippen LogP contribution in [0.25, 0.3) is 0 Å². The summed E-state index contributed by atoms with van der Waals surface area (Å²) in [4.78, 5) is 2.25. The van der Waals surface area contributed by atoms with Gasteiger partial charge in [0.1, 0.15) is 0 Å². The Morgan fingerprint density at radius 2 is 1.79 bits per heavy atom. The summed E-state index contributed by atoms with van der Waals surface area (Å²) in [6.07, 6.45) is 0. The first-order valence-corrected chi connectivity index (χ1v) is 6.89. The van der Waals surface area contributed by atoms with Crippen LogP contribution in [-0.4, -0.2) is 13.6 Å². The lowest BCUT2D eigenvalue weighted by atomic mass is 10.1. The lowest BCUT2D eigenvalue weighted by Gasteiger charge is -2.24. The molecule has 0 saturated heterocycles. The highest BCUT2D eigenvalue weighted by Gasteiger charge is 2.09. The topological polar surface area (TPSA) is 15.3 Å². The number of hydrogen-bond donors (Lipinski definition) is 1. The minimum absolute atomic E-state index is 0.788. The number of para-hydroxylation sites is 1. The van der Waals surface area contributed by atoms with Gasteiger partial charge in [0.05, 0.1) is 0 Å². The van der Waals surface area contributed by atoms with Crippen molar-refractivity contribution in [3.8, 4) is 0 Å². The smallest absolute Gasteiger partial charge is 0.0471 e. The van der Waals surface area contributed by atoms with Crippen LogP contribution in [0.4, 0.5) is 11.4 Å². The SMILES string of the molecule is CCN(c1ccccc1)c1ccc(CNC)c(Cl)c1. The van der Waals surface area contributed by atoms with Crippen molar-refractivity contribution in [1.82, 2.24) is 5.32 Å². The molecule has 2 aromatic rings. The summed E-state index contributed by atoms with van der Waals surface area (Å²) in [7, 11) is 1.92. The second-order valence-corrected chi connectivity index (χ2v) is 4.79. The van der Waals surface area contributed by atoms with Gasteiger partial charge in [0, 0.05) is 29.5 Å². The summed E-state index contributed by atoms with van der Waals surface area (Å²) in [5.41, 5.74) is 3.43. The molecule has 2 aromatic carbocycles. The first kappa shape index (κ1) is 13.9. The van der Waals surface area contributed by atoms with E-state index in [0.29, 0.717) is 0 Å². The van der Waals surface area contributed by atoms with Crippen LogP contribution < -0.4 is 10.2 Å². The highest BCUT2D eigenvalue weighted by Crippen LogP contribution is 2.29. The van der Waals surface area contributed by atoms with Gasteiger partial charge in [-0.1, -0.05) is 35.9 Å². The monoisotopic (exact) mass is 274 g/mol. The normalized spacial score (nSPS) is 10.5. The van der Waals surface area contributed by atoms with E-state index in [4.69, 9.17) is 11.6 Å². The standard InChI is InChI=1S/C16H19ClN2/c1-3-19(14-7-5-4-6-8-14)15-10-9-13(12-18-2)16(17)11-15/h4-11,18H,3,12H2,1-2H3. The molecule has 3 heteroatoms. The Morgan fingerprint density at radius 3 is 2.37 bits per heavy atom. The summed E-state index contributed by atoms with van der Waals surface area (Å²) in [6, 6.07) is 16.6. The van der Waals surface area contributed by atoms with Crippen molar-refractivity contribution in [3.63, 3.8) is 0 Å². The molecule has 2 rings (SSSR count). The van der Waals surface area contributed by atoms with Gasteiger partial charge in [-0.05, 0) is 43.8 Å². The minimum Gasteiger partial charge on any atom is -0.342 e. The molecule has 100 valence electrons. The lowest BCUT2D eigenvalue weighted by Crippen LogP contribution is -2.16. The van der Waals surface area contributed by atoms with Crippen LogP contribution in [-0.2, 0) is 6.54 Å². The summed E-state index contributed by atoms with van der Waals surface area (Å²) in [6.45, 7) is 3.84. The average molecular weight is 275 g/mol. The molecule has 0 aliphatic rings. The fourth-order valence-corrected chi connectivity index (χ4v) is 2.40. The molecule has 0 bridgehead atoms. The Kier molecular flexibility index (Phi) is 4.83. The molecule has 0 amide bonds. The van der Waals surface area contributed by atoms with E-state index >= 15 is 0 Å². The molecule has 0 aliphatic carbocycles. The van der Waals surface area contributed by atoms with Crippen molar-refractivity contribution in [1.29, 1.82) is 0 Å². The molecule has 19 heavy (non-hydrogen) atoms. The molecular formula is C16H19ClN2. The van der Waals surface area contributed by atoms with Gasteiger partial charge in [-0.3, -0.25) is 0 Å². The molecule has 0 spiro atoms. The van der Waals surface area contributed by atoms with Gasteiger partial charge in [0.2, 0.25) is 0 Å². The molecular weight excluding hydrogens is 256 g/mol. The van der Waals surface area contributed by atoms with Crippen LogP contribution in [0.3, 0.4) is 0 Å². The van der Waals surface area contributed by atoms with Crippen molar-refractivity contribution in [2.24, 2.45) is 0 Å². The second kappa shape index (κ2) is 6.60. The molecule has 0 fully saturated rings. The van der Waals surface area contributed by atoms with Crippen molar-refractivity contribution in [3.05, 3.63) is 59.1 Å². The first-order valence-electron chi connectivity index (χ1n) is 6.52. The van der Waals surface area contributed by atoms with E-state index in [-0.39, 0.29) is 0 Å². The molecule has 0 aromatic heterocycles. The summed E-state index contributed by atoms with van der Waals surface area (Å²) >= 11 is 6.33. The van der Waals surface area contributed by atoms with E-state index in [0.717, 1.165) is 29.4 Å². The molecule has 0 unspecified atom stereocenters. The highest BCUT2D eigenvalue weighted by atomic mass is 35.5. The van der Waals surface area contributed by atoms with E-state index in [2.05, 4.69) is 53.5 Å². The summed E-state index contributed by atoms with van der Waals surface area (Å²) in [5.74, 6) is 0. The van der Waals surface area contributed by atoms with Crippen LogP contribution >= 0.6 is 11.6 Å². The number of hydrogen-bond acceptors (Lipinski definition) is 2. The van der Waals surface area contributed by atoms with Crippen LogP contribution in [0.2, 0.25) is 5.02 Å². The zero-order valence-corrected chi connectivity index (χ0v) is 12.1. The van der Waals surface area contributed by atoms with Gasteiger partial charge in [-0.25, -0.2) is 0 Å². The minimum atomic E-state index is 0.788. The second-order valence-electron chi connectivity index (χ2n) is 4.39. The van der Waals surface area contributed by atoms with Gasteiger partial charge in [-0.2, -0.15) is 0 Å². The van der Waals surface area contributed by atoms with Gasteiger partial charge in [-0.15, -0.1) is 0 Å². The largest absolute Gasteiger partial charge is 0.342 e. The molecule has 0 saturated carbocycles. The molecule has 0 aliphatic heterocycles. The zero-order chi connectivity index (χ0) is 13.7. The van der Waals surface area contributed by atoms with Crippen LogP contribution in [0.15, 0.2) is 48.5 Å². The maximum Gasteiger partial charge on any atom is 0.0471 e. The van der Waals surface area contributed by atoms with Gasteiger partial charge in [0.25, 0.3) is 0 Å². The van der Waals surface area contributed by atoms with E-state index in [1.54, 1.807) is 0 Å². The third-order valence-electron chi connectivity index (χ3n) is 3.10. The van der Waals surface area contributed by atoms with E-state index in [1.165, 1.54) is 5.69 Å². The number of nitrogens with one attached hydrogen (secondary N) is 1. The van der Waals surface area contributed by atoms with E-state index in [1.807, 2.05) is 19.2 Å². The average Bonchev–Trinajstić information content (AvgIpc) is 2.44. The lowest BCUT2D eigenvalue weighted by molar-refractivity contribution is 0.818. The number of halogens is 1. The Balaban J connectivity index is 2.32. The van der Waals surface area contributed by atoms with Gasteiger partial charge in [0.15, 0.2) is 0 Å². The van der Waals surface area contributed by atoms with Gasteiger partial charge >= 0.3 is 0 Å². The fourth-order valence-electron chi connectivity index (χ4n) is 2.16. The fraction of sp³-hybridized carbons (Fsp3) is 0.250. The van der Waals surface area contributed by atoms with Crippen LogP contribution in [0.5, 0.6) is 0 Å². The predicted molar refractivity (Wildman–Crippen MR) is 83.3 cm³/mol. The number of anilines is 2. The molecule has 2 nitrogen and oxygen atoms in total. The third kappa shape index (κ3) is 3.28. The highest BCUT2D eigenvalue weighted by molar-refractivity contribution is 6.31. The van der Waals surface area contributed by atoms with E-state index < -0.39 is 0 Å². The Hall–Kier alpha value is -1.51. The maximum atomic E-state index is 6.33. The Bertz CT molecular complexity index is 526. The molecule has 0 atom stereocenters. The van der Waals surface area contributed by atoms with E-state index in [9.17, 15) is 0 Å². The van der Waals surface area contributed by atoms with Crippen LogP contribution in [0.1, 0.15) is 12.5 Å². The Morgan fingerprint density at radius 1 is 1.05 bits per heavy atom. The number of benzene rings is 2. The summed E-state index contributed by atoms with van der Waals surface area (Å²) in [5, 5.41) is 3.93. The third-order valence-corrected chi connectivity index (χ3v) is 3.45. The van der Waals surface area contributed by atoms with Crippen LogP contribution in [0, 0.1) is 0 Å². The van der Waals surface area contributed by atoms with Crippen molar-refractivity contribution in [2.75, 3.05) is 18.5 Å².